The normalized spacial score (nSPS) is 31.2. The third-order valence-electron chi connectivity index (χ3n) is 3.64. The molecule has 1 nitrogen and oxygen atoms in total. The Morgan fingerprint density at radius 3 is 2.64 bits per heavy atom. The summed E-state index contributed by atoms with van der Waals surface area (Å²) in [5, 5.41) is 0. The number of hydrogen-bond donors (Lipinski definition) is 0. The molecule has 1 aliphatic carbocycles. The van der Waals surface area contributed by atoms with Gasteiger partial charge >= 0.3 is 0 Å². The molecule has 0 radical (unpaired) electrons. The molecule has 0 spiro atoms. The van der Waals surface area contributed by atoms with Crippen LogP contribution in [0.25, 0.3) is 0 Å². The minimum absolute atomic E-state index is 0.389. The number of fused-ring (bicyclic) bond motifs is 1. The van der Waals surface area contributed by atoms with Gasteiger partial charge in [0.25, 0.3) is 0 Å². The largest absolute Gasteiger partial charge is 0.381 e. The zero-order chi connectivity index (χ0) is 10.1. The molecule has 0 saturated heterocycles. The van der Waals surface area contributed by atoms with E-state index in [2.05, 4.69) is 38.1 Å². The van der Waals surface area contributed by atoms with Crippen LogP contribution in [0.5, 0.6) is 0 Å². The fourth-order valence-corrected chi connectivity index (χ4v) is 2.47. The number of rotatable bonds is 1. The van der Waals surface area contributed by atoms with Gasteiger partial charge in [0, 0.05) is 7.11 Å². The predicted octanol–water partition coefficient (Wildman–Crippen LogP) is 3.00. The second kappa shape index (κ2) is 3.74. The molecule has 14 heavy (non-hydrogen) atoms. The van der Waals surface area contributed by atoms with Crippen LogP contribution in [0, 0.1) is 5.92 Å². The molecule has 1 aromatic rings. The van der Waals surface area contributed by atoms with Gasteiger partial charge in [-0.1, -0.05) is 38.1 Å². The highest BCUT2D eigenvalue weighted by Gasteiger charge is 2.30. The molecule has 0 aromatic heterocycles. The molecule has 0 saturated carbocycles. The molecule has 0 fully saturated rings. The van der Waals surface area contributed by atoms with E-state index in [-0.39, 0.29) is 0 Å². The zero-order valence-corrected chi connectivity index (χ0v) is 9.16. The van der Waals surface area contributed by atoms with E-state index in [0.717, 1.165) is 6.42 Å². The van der Waals surface area contributed by atoms with Crippen molar-refractivity contribution in [1.82, 2.24) is 0 Å². The van der Waals surface area contributed by atoms with Crippen LogP contribution in [0.15, 0.2) is 24.3 Å². The van der Waals surface area contributed by atoms with Crippen molar-refractivity contribution < 1.29 is 4.74 Å². The lowest BCUT2D eigenvalue weighted by Crippen LogP contribution is -2.32. The second-order valence-corrected chi connectivity index (χ2v) is 4.32. The SMILES string of the molecule is COC1Cc2ccccc2C(C)C1C. The average molecular weight is 190 g/mol. The Balaban J connectivity index is 2.37. The first kappa shape index (κ1) is 9.72. The maximum Gasteiger partial charge on any atom is 0.0642 e. The van der Waals surface area contributed by atoms with E-state index >= 15 is 0 Å². The number of ether oxygens (including phenoxy) is 1. The van der Waals surface area contributed by atoms with Gasteiger partial charge in [-0.2, -0.15) is 0 Å². The van der Waals surface area contributed by atoms with E-state index < -0.39 is 0 Å². The molecule has 1 aliphatic rings. The molecule has 0 heterocycles. The average Bonchev–Trinajstić information content (AvgIpc) is 2.23. The van der Waals surface area contributed by atoms with Gasteiger partial charge in [0.1, 0.15) is 0 Å². The summed E-state index contributed by atoms with van der Waals surface area (Å²) in [6, 6.07) is 8.73. The molecular weight excluding hydrogens is 172 g/mol. The van der Waals surface area contributed by atoms with E-state index in [4.69, 9.17) is 4.74 Å². The highest BCUT2D eigenvalue weighted by Crippen LogP contribution is 2.36. The Hall–Kier alpha value is -0.820. The summed E-state index contributed by atoms with van der Waals surface area (Å²) in [5.74, 6) is 1.24. The molecule has 76 valence electrons. The van der Waals surface area contributed by atoms with Gasteiger partial charge in [-0.3, -0.25) is 0 Å². The summed E-state index contributed by atoms with van der Waals surface area (Å²) >= 11 is 0. The van der Waals surface area contributed by atoms with Crippen LogP contribution in [0.1, 0.15) is 30.9 Å². The molecule has 0 aliphatic heterocycles. The van der Waals surface area contributed by atoms with Crippen LogP contribution in [0.3, 0.4) is 0 Å². The Labute approximate surface area is 86.1 Å². The van der Waals surface area contributed by atoms with Crippen LogP contribution >= 0.6 is 0 Å². The first-order valence-electron chi connectivity index (χ1n) is 5.34. The summed E-state index contributed by atoms with van der Waals surface area (Å²) in [6.45, 7) is 4.59. The Bertz CT molecular complexity index is 319. The van der Waals surface area contributed by atoms with E-state index in [1.165, 1.54) is 11.1 Å². The molecule has 2 rings (SSSR count). The summed E-state index contributed by atoms with van der Waals surface area (Å²) in [7, 11) is 1.82. The van der Waals surface area contributed by atoms with Gasteiger partial charge in [0.05, 0.1) is 6.10 Å². The van der Waals surface area contributed by atoms with E-state index in [0.29, 0.717) is 17.9 Å². The Kier molecular flexibility index (Phi) is 2.60. The fraction of sp³-hybridized carbons (Fsp3) is 0.538. The minimum atomic E-state index is 0.389. The van der Waals surface area contributed by atoms with E-state index in [1.54, 1.807) is 0 Å². The first-order valence-corrected chi connectivity index (χ1v) is 5.34. The maximum absolute atomic E-state index is 5.53. The Morgan fingerprint density at radius 2 is 1.93 bits per heavy atom. The van der Waals surface area contributed by atoms with E-state index in [9.17, 15) is 0 Å². The number of methoxy groups -OCH3 is 1. The zero-order valence-electron chi connectivity index (χ0n) is 9.16. The topological polar surface area (TPSA) is 9.23 Å². The van der Waals surface area contributed by atoms with Crippen LogP contribution in [0.4, 0.5) is 0 Å². The van der Waals surface area contributed by atoms with Gasteiger partial charge in [-0.25, -0.2) is 0 Å². The highest BCUT2D eigenvalue weighted by molar-refractivity contribution is 5.33. The van der Waals surface area contributed by atoms with Crippen molar-refractivity contribution in [1.29, 1.82) is 0 Å². The van der Waals surface area contributed by atoms with Crippen molar-refractivity contribution in [2.75, 3.05) is 7.11 Å². The molecule has 3 unspecified atom stereocenters. The van der Waals surface area contributed by atoms with Gasteiger partial charge in [-0.15, -0.1) is 0 Å². The second-order valence-electron chi connectivity index (χ2n) is 4.32. The molecule has 0 bridgehead atoms. The smallest absolute Gasteiger partial charge is 0.0642 e. The first-order chi connectivity index (χ1) is 6.74. The van der Waals surface area contributed by atoms with Crippen LogP contribution in [0.2, 0.25) is 0 Å². The maximum atomic E-state index is 5.53. The van der Waals surface area contributed by atoms with Crippen molar-refractivity contribution in [3.63, 3.8) is 0 Å². The lowest BCUT2D eigenvalue weighted by atomic mass is 9.75. The molecule has 1 aromatic carbocycles. The lowest BCUT2D eigenvalue weighted by Gasteiger charge is -2.35. The van der Waals surface area contributed by atoms with Crippen LogP contribution < -0.4 is 0 Å². The molecule has 0 N–H and O–H groups in total. The van der Waals surface area contributed by atoms with Gasteiger partial charge in [0.15, 0.2) is 0 Å². The minimum Gasteiger partial charge on any atom is -0.381 e. The molecule has 3 atom stereocenters. The van der Waals surface area contributed by atoms with E-state index in [1.807, 2.05) is 7.11 Å². The Morgan fingerprint density at radius 1 is 1.21 bits per heavy atom. The summed E-state index contributed by atoms with van der Waals surface area (Å²) in [4.78, 5) is 0. The number of hydrogen-bond acceptors (Lipinski definition) is 1. The van der Waals surface area contributed by atoms with Crippen LogP contribution in [-0.4, -0.2) is 13.2 Å². The molecule has 1 heteroatoms. The quantitative estimate of drug-likeness (QED) is 0.661. The third-order valence-corrected chi connectivity index (χ3v) is 3.64. The molecular formula is C13H18O. The van der Waals surface area contributed by atoms with Gasteiger partial charge < -0.3 is 4.74 Å². The number of benzene rings is 1. The lowest BCUT2D eigenvalue weighted by molar-refractivity contribution is 0.0435. The highest BCUT2D eigenvalue weighted by atomic mass is 16.5. The third kappa shape index (κ3) is 1.46. The fourth-order valence-electron chi connectivity index (χ4n) is 2.47. The summed E-state index contributed by atoms with van der Waals surface area (Å²) in [5.41, 5.74) is 2.97. The summed E-state index contributed by atoms with van der Waals surface area (Å²) < 4.78 is 5.53. The van der Waals surface area contributed by atoms with Crippen molar-refractivity contribution in [3.8, 4) is 0 Å². The van der Waals surface area contributed by atoms with Crippen molar-refractivity contribution in [3.05, 3.63) is 35.4 Å². The summed E-state index contributed by atoms with van der Waals surface area (Å²) in [6.07, 6.45) is 1.46. The van der Waals surface area contributed by atoms with Crippen molar-refractivity contribution in [2.24, 2.45) is 5.92 Å². The van der Waals surface area contributed by atoms with Gasteiger partial charge in [-0.05, 0) is 29.4 Å². The van der Waals surface area contributed by atoms with Crippen molar-refractivity contribution >= 4 is 0 Å². The molecule has 0 amide bonds. The monoisotopic (exact) mass is 190 g/mol. The van der Waals surface area contributed by atoms with Gasteiger partial charge in [0.2, 0.25) is 0 Å². The predicted molar refractivity (Wildman–Crippen MR) is 58.5 cm³/mol. The van der Waals surface area contributed by atoms with Crippen molar-refractivity contribution in [2.45, 2.75) is 32.3 Å². The standard InChI is InChI=1S/C13H18O/c1-9-10(2)13(14-3)8-11-6-4-5-7-12(9)11/h4-7,9-10,13H,8H2,1-3H3. The van der Waals surface area contributed by atoms with Crippen LogP contribution in [-0.2, 0) is 11.2 Å².